The molecule has 1 aromatic carbocycles. The third-order valence-corrected chi connectivity index (χ3v) is 4.14. The minimum absolute atomic E-state index is 0.141. The summed E-state index contributed by atoms with van der Waals surface area (Å²) in [6.45, 7) is 6.44. The van der Waals surface area contributed by atoms with Gasteiger partial charge in [0.2, 0.25) is 0 Å². The number of fused-ring (bicyclic) bond motifs is 1. The molecule has 0 aliphatic heterocycles. The molecule has 0 saturated carbocycles. The van der Waals surface area contributed by atoms with Crippen molar-refractivity contribution in [3.05, 3.63) is 29.0 Å². The molecule has 0 amide bonds. The summed E-state index contributed by atoms with van der Waals surface area (Å²) in [5.41, 5.74) is 2.53. The van der Waals surface area contributed by atoms with Gasteiger partial charge in [0.05, 0.1) is 30.1 Å². The molecule has 0 fully saturated rings. The smallest absolute Gasteiger partial charge is 0.338 e. The Morgan fingerprint density at radius 1 is 1.33 bits per heavy atom. The number of aromatic nitrogens is 2. The molecule has 2 aromatic rings. The molecule has 24 heavy (non-hydrogen) atoms. The maximum atomic E-state index is 11.9. The number of nitrogens with zero attached hydrogens (tertiary/aromatic N) is 2. The van der Waals surface area contributed by atoms with Crippen LogP contribution in [0.2, 0.25) is 0 Å². The van der Waals surface area contributed by atoms with Crippen LogP contribution in [-0.4, -0.2) is 37.5 Å². The van der Waals surface area contributed by atoms with Gasteiger partial charge >= 0.3 is 5.97 Å². The molecule has 0 spiro atoms. The van der Waals surface area contributed by atoms with Crippen LogP contribution in [0.25, 0.3) is 10.9 Å². The number of rotatable bonds is 6. The van der Waals surface area contributed by atoms with Crippen LogP contribution in [-0.2, 0) is 32.2 Å². The molecule has 7 nitrogen and oxygen atoms in total. The number of aryl methyl sites for hydroxylation is 1. The van der Waals surface area contributed by atoms with Crippen molar-refractivity contribution < 1.29 is 22.1 Å². The number of methoxy groups -OCH3 is 1. The topological polar surface area (TPSA) is 87.5 Å². The lowest BCUT2D eigenvalue weighted by atomic mass is 10.0. The van der Waals surface area contributed by atoms with E-state index in [9.17, 15) is 13.2 Å². The van der Waals surface area contributed by atoms with E-state index in [1.54, 1.807) is 16.8 Å². The van der Waals surface area contributed by atoms with E-state index in [1.807, 2.05) is 6.92 Å². The van der Waals surface area contributed by atoms with Crippen LogP contribution in [0.5, 0.6) is 0 Å². The van der Waals surface area contributed by atoms with Gasteiger partial charge in [-0.05, 0) is 30.5 Å². The second-order valence-electron chi connectivity index (χ2n) is 6.11. The summed E-state index contributed by atoms with van der Waals surface area (Å²) in [5, 5.41) is 5.26. The van der Waals surface area contributed by atoms with Crippen LogP contribution < -0.4 is 0 Å². The first-order valence-electron chi connectivity index (χ1n) is 7.55. The summed E-state index contributed by atoms with van der Waals surface area (Å²) >= 11 is 0. The molecule has 0 atom stereocenters. The van der Waals surface area contributed by atoms with E-state index in [0.717, 1.165) is 22.7 Å². The van der Waals surface area contributed by atoms with E-state index in [0.29, 0.717) is 23.7 Å². The number of hydrogen-bond acceptors (Lipinski definition) is 6. The van der Waals surface area contributed by atoms with Gasteiger partial charge in [-0.3, -0.25) is 8.86 Å². The molecular formula is C16H22N2O5S. The standard InChI is InChI=1S/C16H22N2O5S/c1-10(2)8-18-15-11(3)12(16(19)22-4)6-7-13(15)14(17-18)9-23-24(5,20)21/h6-7,10H,8-9H2,1-5H3. The Bertz CT molecular complexity index is 868. The monoisotopic (exact) mass is 354 g/mol. The fourth-order valence-corrected chi connectivity index (χ4v) is 2.92. The maximum absolute atomic E-state index is 11.9. The third-order valence-electron chi connectivity index (χ3n) is 3.59. The van der Waals surface area contributed by atoms with Crippen molar-refractivity contribution in [2.45, 2.75) is 33.9 Å². The molecule has 0 bridgehead atoms. The molecule has 0 radical (unpaired) electrons. The van der Waals surface area contributed by atoms with Crippen LogP contribution in [0.1, 0.15) is 35.5 Å². The Hall–Kier alpha value is -1.93. The number of benzene rings is 1. The van der Waals surface area contributed by atoms with Gasteiger partial charge in [0.15, 0.2) is 0 Å². The largest absolute Gasteiger partial charge is 0.465 e. The summed E-state index contributed by atoms with van der Waals surface area (Å²) in [5.74, 6) is -0.0846. The lowest BCUT2D eigenvalue weighted by Crippen LogP contribution is -2.09. The Morgan fingerprint density at radius 2 is 2.00 bits per heavy atom. The molecule has 0 N–H and O–H groups in total. The molecule has 0 aliphatic rings. The first kappa shape index (κ1) is 18.4. The van der Waals surface area contributed by atoms with E-state index in [4.69, 9.17) is 8.92 Å². The van der Waals surface area contributed by atoms with Crippen molar-refractivity contribution >= 4 is 27.0 Å². The normalized spacial score (nSPS) is 12.1. The van der Waals surface area contributed by atoms with Gasteiger partial charge in [0.1, 0.15) is 6.61 Å². The first-order chi connectivity index (χ1) is 11.1. The van der Waals surface area contributed by atoms with Gasteiger partial charge in [0, 0.05) is 11.9 Å². The van der Waals surface area contributed by atoms with Gasteiger partial charge in [0.25, 0.3) is 10.1 Å². The van der Waals surface area contributed by atoms with E-state index in [2.05, 4.69) is 18.9 Å². The number of hydrogen-bond donors (Lipinski definition) is 0. The third kappa shape index (κ3) is 3.93. The van der Waals surface area contributed by atoms with Crippen LogP contribution >= 0.6 is 0 Å². The van der Waals surface area contributed by atoms with Gasteiger partial charge in [-0.1, -0.05) is 13.8 Å². The lowest BCUT2D eigenvalue weighted by molar-refractivity contribution is 0.0600. The van der Waals surface area contributed by atoms with Gasteiger partial charge < -0.3 is 4.74 Å². The number of esters is 1. The van der Waals surface area contributed by atoms with Gasteiger partial charge in [-0.15, -0.1) is 0 Å². The summed E-state index contributed by atoms with van der Waals surface area (Å²) < 4.78 is 34.0. The maximum Gasteiger partial charge on any atom is 0.338 e. The summed E-state index contributed by atoms with van der Waals surface area (Å²) in [7, 11) is -2.23. The lowest BCUT2D eigenvalue weighted by Gasteiger charge is -2.10. The zero-order valence-electron chi connectivity index (χ0n) is 14.5. The van der Waals surface area contributed by atoms with Crippen molar-refractivity contribution in [2.24, 2.45) is 5.92 Å². The van der Waals surface area contributed by atoms with Crippen LogP contribution in [0.3, 0.4) is 0 Å². The second-order valence-corrected chi connectivity index (χ2v) is 7.76. The summed E-state index contributed by atoms with van der Waals surface area (Å²) in [4.78, 5) is 11.9. The average Bonchev–Trinajstić information content (AvgIpc) is 2.82. The van der Waals surface area contributed by atoms with Crippen molar-refractivity contribution in [1.29, 1.82) is 0 Å². The van der Waals surface area contributed by atoms with Crippen LogP contribution in [0, 0.1) is 12.8 Å². The zero-order chi connectivity index (χ0) is 18.1. The molecule has 1 heterocycles. The SMILES string of the molecule is COC(=O)c1ccc2c(COS(C)(=O)=O)nn(CC(C)C)c2c1C. The molecule has 8 heteroatoms. The fraction of sp³-hybridized carbons (Fsp3) is 0.500. The molecule has 2 rings (SSSR count). The summed E-state index contributed by atoms with van der Waals surface area (Å²) in [6.07, 6.45) is 1.00. The molecule has 132 valence electrons. The minimum Gasteiger partial charge on any atom is -0.465 e. The van der Waals surface area contributed by atoms with Crippen LogP contribution in [0.4, 0.5) is 0 Å². The predicted octanol–water partition coefficient (Wildman–Crippen LogP) is 2.26. The van der Waals surface area contributed by atoms with Crippen molar-refractivity contribution in [3.63, 3.8) is 0 Å². The molecule has 1 aromatic heterocycles. The molecule has 0 saturated heterocycles. The van der Waals surface area contributed by atoms with Crippen molar-refractivity contribution in [2.75, 3.05) is 13.4 Å². The number of ether oxygens (including phenoxy) is 1. The number of carbonyl (C=O) groups excluding carboxylic acids is 1. The second kappa shape index (κ2) is 6.90. The van der Waals surface area contributed by atoms with E-state index in [-0.39, 0.29) is 6.61 Å². The van der Waals surface area contributed by atoms with E-state index in [1.165, 1.54) is 7.11 Å². The molecular weight excluding hydrogens is 332 g/mol. The van der Waals surface area contributed by atoms with E-state index >= 15 is 0 Å². The van der Waals surface area contributed by atoms with E-state index < -0.39 is 16.1 Å². The Balaban J connectivity index is 2.61. The van der Waals surface area contributed by atoms with Crippen LogP contribution in [0.15, 0.2) is 12.1 Å². The quantitative estimate of drug-likeness (QED) is 0.584. The first-order valence-corrected chi connectivity index (χ1v) is 9.37. The Morgan fingerprint density at radius 3 is 2.54 bits per heavy atom. The number of carbonyl (C=O) groups is 1. The minimum atomic E-state index is -3.56. The van der Waals surface area contributed by atoms with Crippen molar-refractivity contribution in [3.8, 4) is 0 Å². The Labute approximate surface area is 141 Å². The highest BCUT2D eigenvalue weighted by Gasteiger charge is 2.19. The predicted molar refractivity (Wildman–Crippen MR) is 90.3 cm³/mol. The molecule has 0 aliphatic carbocycles. The van der Waals surface area contributed by atoms with Gasteiger partial charge in [-0.25, -0.2) is 4.79 Å². The molecule has 0 unspecified atom stereocenters. The average molecular weight is 354 g/mol. The highest BCUT2D eigenvalue weighted by Crippen LogP contribution is 2.27. The Kier molecular flexibility index (Phi) is 5.29. The highest BCUT2D eigenvalue weighted by atomic mass is 32.2. The van der Waals surface area contributed by atoms with Gasteiger partial charge in [-0.2, -0.15) is 13.5 Å². The highest BCUT2D eigenvalue weighted by molar-refractivity contribution is 7.85. The summed E-state index contributed by atoms with van der Waals surface area (Å²) in [6, 6.07) is 3.41. The zero-order valence-corrected chi connectivity index (χ0v) is 15.3. The fourth-order valence-electron chi connectivity index (χ4n) is 2.59. The van der Waals surface area contributed by atoms with Crippen molar-refractivity contribution in [1.82, 2.24) is 9.78 Å².